The third kappa shape index (κ3) is 7.30. The molecule has 12 nitrogen and oxygen atoms in total. The fourth-order valence-electron chi connectivity index (χ4n) is 4.92. The van der Waals surface area contributed by atoms with Crippen LogP contribution in [0.5, 0.6) is 0 Å². The predicted molar refractivity (Wildman–Crippen MR) is 164 cm³/mol. The zero-order chi connectivity index (χ0) is 30.4. The number of thioether (sulfide) groups is 1. The zero-order valence-corrected chi connectivity index (χ0v) is 26.0. The maximum Gasteiger partial charge on any atom is 0.328 e. The Morgan fingerprint density at radius 1 is 1.24 bits per heavy atom. The molecule has 2 aliphatic rings. The van der Waals surface area contributed by atoms with Crippen LogP contribution >= 0.6 is 11.8 Å². The third-order valence-electron chi connectivity index (χ3n) is 7.56. The number of amides is 3. The number of aryl methyl sites for hydroxylation is 1. The normalized spacial score (nSPS) is 15.9. The summed E-state index contributed by atoms with van der Waals surface area (Å²) in [7, 11) is 5.00. The lowest BCUT2D eigenvalue weighted by molar-refractivity contribution is -0.136. The van der Waals surface area contributed by atoms with E-state index >= 15 is 0 Å². The van der Waals surface area contributed by atoms with Crippen LogP contribution in [-0.4, -0.2) is 96.7 Å². The van der Waals surface area contributed by atoms with E-state index in [1.165, 1.54) is 20.4 Å². The summed E-state index contributed by atoms with van der Waals surface area (Å²) in [5.41, 5.74) is 3.29. The van der Waals surface area contributed by atoms with Crippen LogP contribution in [0.1, 0.15) is 48.9 Å². The summed E-state index contributed by atoms with van der Waals surface area (Å²) in [5, 5.41) is 15.8. The molecule has 1 fully saturated rings. The molecule has 0 unspecified atom stereocenters. The number of ether oxygens (including phenoxy) is 2. The molecule has 0 atom stereocenters. The fourth-order valence-corrected chi connectivity index (χ4v) is 5.14. The highest BCUT2D eigenvalue weighted by atomic mass is 32.2. The molecule has 2 aromatic heterocycles. The van der Waals surface area contributed by atoms with Gasteiger partial charge in [-0.05, 0) is 57.2 Å². The molecule has 0 aromatic carbocycles. The van der Waals surface area contributed by atoms with E-state index in [1.54, 1.807) is 22.7 Å². The number of carbonyl (C=O) groups excluding carboxylic acids is 2. The molecule has 42 heavy (non-hydrogen) atoms. The standard InChI is InChI=1S/C29H40N8O4S/c1-29(2,42-6)18-32-22-13-23(31-15-21(22)14-30)33-28(39)37-9-7-8-19-12-20(16-36-11-10-35(3)17-24(36)38)25(34-26(19)37)27(40-4)41-5/h12-13,15,27H,7-11,16-18H2,1-6H3,(H2,31,32,33,39). The minimum Gasteiger partial charge on any atom is -0.382 e. The molecule has 1 saturated heterocycles. The van der Waals surface area contributed by atoms with Crippen LogP contribution in [-0.2, 0) is 27.2 Å². The highest BCUT2D eigenvalue weighted by molar-refractivity contribution is 7.99. The summed E-state index contributed by atoms with van der Waals surface area (Å²) in [6.45, 7) is 7.49. The number of hydrogen-bond donors (Lipinski definition) is 2. The van der Waals surface area contributed by atoms with Crippen molar-refractivity contribution >= 4 is 41.0 Å². The van der Waals surface area contributed by atoms with Crippen molar-refractivity contribution in [3.05, 3.63) is 40.7 Å². The Balaban J connectivity index is 1.60. The number of likely N-dealkylation sites (N-methyl/N-ethyl adjacent to an activating group) is 1. The molecule has 0 aliphatic carbocycles. The van der Waals surface area contributed by atoms with E-state index in [4.69, 9.17) is 14.5 Å². The van der Waals surface area contributed by atoms with Gasteiger partial charge in [0.1, 0.15) is 23.4 Å². The predicted octanol–water partition coefficient (Wildman–Crippen LogP) is 3.45. The van der Waals surface area contributed by atoms with E-state index < -0.39 is 6.29 Å². The molecule has 4 rings (SSSR count). The van der Waals surface area contributed by atoms with Crippen LogP contribution < -0.4 is 15.5 Å². The highest BCUT2D eigenvalue weighted by Crippen LogP contribution is 2.32. The van der Waals surface area contributed by atoms with Gasteiger partial charge >= 0.3 is 6.03 Å². The van der Waals surface area contributed by atoms with E-state index in [1.807, 2.05) is 29.2 Å². The molecule has 2 aromatic rings. The number of nitrogens with one attached hydrogen (secondary N) is 2. The lowest BCUT2D eigenvalue weighted by Crippen LogP contribution is -2.48. The lowest BCUT2D eigenvalue weighted by atomic mass is 10.0. The van der Waals surface area contributed by atoms with Gasteiger partial charge in [-0.1, -0.05) is 0 Å². The number of anilines is 3. The number of urea groups is 1. The van der Waals surface area contributed by atoms with Gasteiger partial charge in [0.05, 0.1) is 17.8 Å². The average molecular weight is 597 g/mol. The number of methoxy groups -OCH3 is 2. The van der Waals surface area contributed by atoms with Crippen molar-refractivity contribution in [1.82, 2.24) is 19.8 Å². The molecular formula is C29H40N8O4S. The molecule has 2 aliphatic heterocycles. The zero-order valence-electron chi connectivity index (χ0n) is 25.2. The van der Waals surface area contributed by atoms with Crippen molar-refractivity contribution in [3.63, 3.8) is 0 Å². The average Bonchev–Trinajstić information content (AvgIpc) is 2.98. The number of carbonyl (C=O) groups is 2. The summed E-state index contributed by atoms with van der Waals surface area (Å²) in [5.74, 6) is 0.906. The summed E-state index contributed by atoms with van der Waals surface area (Å²) in [6.07, 6.45) is 4.23. The van der Waals surface area contributed by atoms with Crippen LogP contribution in [0, 0.1) is 11.3 Å². The van der Waals surface area contributed by atoms with Gasteiger partial charge in [0.2, 0.25) is 12.2 Å². The second-order valence-electron chi connectivity index (χ2n) is 11.1. The van der Waals surface area contributed by atoms with Gasteiger partial charge in [0, 0.05) is 64.0 Å². The number of nitrogens with zero attached hydrogens (tertiary/aromatic N) is 6. The van der Waals surface area contributed by atoms with Gasteiger partial charge < -0.3 is 19.7 Å². The van der Waals surface area contributed by atoms with Crippen molar-refractivity contribution in [2.24, 2.45) is 0 Å². The first kappa shape index (κ1) is 31.5. The second kappa shape index (κ2) is 13.7. The van der Waals surface area contributed by atoms with E-state index in [2.05, 4.69) is 35.5 Å². The molecule has 0 spiro atoms. The van der Waals surface area contributed by atoms with Gasteiger partial charge in [0.25, 0.3) is 0 Å². The van der Waals surface area contributed by atoms with Crippen LogP contribution in [0.3, 0.4) is 0 Å². The van der Waals surface area contributed by atoms with Crippen molar-refractivity contribution in [2.45, 2.75) is 44.3 Å². The van der Waals surface area contributed by atoms with Gasteiger partial charge in [-0.25, -0.2) is 14.8 Å². The molecule has 0 saturated carbocycles. The molecule has 3 amide bonds. The van der Waals surface area contributed by atoms with Crippen molar-refractivity contribution in [2.75, 3.05) is 75.8 Å². The van der Waals surface area contributed by atoms with Gasteiger partial charge in [0.15, 0.2) is 0 Å². The fraction of sp³-hybridized carbons (Fsp3) is 0.552. The third-order valence-corrected chi connectivity index (χ3v) is 8.81. The van der Waals surface area contributed by atoms with E-state index in [-0.39, 0.29) is 16.7 Å². The molecule has 226 valence electrons. The largest absolute Gasteiger partial charge is 0.382 e. The van der Waals surface area contributed by atoms with Crippen LogP contribution in [0.4, 0.5) is 22.1 Å². The Hall–Kier alpha value is -3.44. The highest BCUT2D eigenvalue weighted by Gasteiger charge is 2.30. The minimum absolute atomic E-state index is 0.0426. The second-order valence-corrected chi connectivity index (χ2v) is 12.6. The Morgan fingerprint density at radius 3 is 2.67 bits per heavy atom. The van der Waals surface area contributed by atoms with Crippen molar-refractivity contribution in [1.29, 1.82) is 5.26 Å². The Kier molecular flexibility index (Phi) is 10.3. The minimum atomic E-state index is -0.765. The molecule has 0 radical (unpaired) electrons. The summed E-state index contributed by atoms with van der Waals surface area (Å²) < 4.78 is 11.1. The quantitative estimate of drug-likeness (QED) is 0.393. The van der Waals surface area contributed by atoms with Gasteiger partial charge in [-0.3, -0.25) is 19.9 Å². The molecule has 4 heterocycles. The molecule has 0 bridgehead atoms. The number of aromatic nitrogens is 2. The van der Waals surface area contributed by atoms with E-state index in [9.17, 15) is 14.9 Å². The van der Waals surface area contributed by atoms with Crippen LogP contribution in [0.2, 0.25) is 0 Å². The maximum atomic E-state index is 13.6. The van der Waals surface area contributed by atoms with Crippen LogP contribution in [0.25, 0.3) is 0 Å². The SMILES string of the molecule is COC(OC)c1nc2c(cc1CN1CCN(C)CC1=O)CCCN2C(=O)Nc1cc(NCC(C)(C)SC)c(C#N)cn1. The number of rotatable bonds is 10. The molecule has 13 heteroatoms. The topological polar surface area (TPSA) is 136 Å². The van der Waals surface area contributed by atoms with Gasteiger partial charge in [-0.2, -0.15) is 17.0 Å². The number of hydrogen-bond acceptors (Lipinski definition) is 10. The van der Waals surface area contributed by atoms with Crippen molar-refractivity contribution < 1.29 is 19.1 Å². The summed E-state index contributed by atoms with van der Waals surface area (Å²) in [6, 6.07) is 5.48. The summed E-state index contributed by atoms with van der Waals surface area (Å²) in [4.78, 5) is 40.9. The van der Waals surface area contributed by atoms with Gasteiger partial charge in [-0.15, -0.1) is 0 Å². The number of fused-ring (bicyclic) bond motifs is 1. The molecular weight excluding hydrogens is 556 g/mol. The Morgan fingerprint density at radius 2 is 2.00 bits per heavy atom. The number of piperazine rings is 1. The smallest absolute Gasteiger partial charge is 0.328 e. The van der Waals surface area contributed by atoms with E-state index in [0.29, 0.717) is 61.3 Å². The first-order valence-corrected chi connectivity index (χ1v) is 15.1. The maximum absolute atomic E-state index is 13.6. The van der Waals surface area contributed by atoms with Crippen molar-refractivity contribution in [3.8, 4) is 6.07 Å². The molecule has 2 N–H and O–H groups in total. The first-order chi connectivity index (χ1) is 20.1. The lowest BCUT2D eigenvalue weighted by Gasteiger charge is -2.34. The monoisotopic (exact) mass is 596 g/mol. The Labute approximate surface area is 251 Å². The number of nitriles is 1. The first-order valence-electron chi connectivity index (χ1n) is 13.9. The van der Waals surface area contributed by atoms with Crippen LogP contribution in [0.15, 0.2) is 18.3 Å². The van der Waals surface area contributed by atoms with E-state index in [0.717, 1.165) is 30.5 Å². The Bertz CT molecular complexity index is 1340. The summed E-state index contributed by atoms with van der Waals surface area (Å²) >= 11 is 1.72. The number of pyridine rings is 2.